The lowest BCUT2D eigenvalue weighted by atomic mass is 9.91. The van der Waals surface area contributed by atoms with Gasteiger partial charge in [-0.25, -0.2) is 0 Å². The van der Waals surface area contributed by atoms with E-state index in [1.54, 1.807) is 0 Å². The molecule has 0 amide bonds. The number of nitrogens with one attached hydrogen (secondary N) is 1. The van der Waals surface area contributed by atoms with Gasteiger partial charge < -0.3 is 10.1 Å². The second-order valence-corrected chi connectivity index (χ2v) is 4.12. The predicted molar refractivity (Wildman–Crippen MR) is 49.2 cm³/mol. The van der Waals surface area contributed by atoms with Crippen LogP contribution < -0.4 is 5.32 Å². The third-order valence-electron chi connectivity index (χ3n) is 3.55. The molecule has 2 aliphatic rings. The maximum Gasteiger partial charge on any atom is 0.0830 e. The van der Waals surface area contributed by atoms with E-state index in [0.717, 1.165) is 0 Å². The molecule has 0 radical (unpaired) electrons. The number of ether oxygens (including phenoxy) is 1. The van der Waals surface area contributed by atoms with Crippen LogP contribution in [0.5, 0.6) is 0 Å². The molecule has 1 aliphatic heterocycles. The van der Waals surface area contributed by atoms with Crippen LogP contribution in [0.2, 0.25) is 0 Å². The lowest BCUT2D eigenvalue weighted by Crippen LogP contribution is -2.47. The van der Waals surface area contributed by atoms with E-state index in [9.17, 15) is 0 Å². The second-order valence-electron chi connectivity index (χ2n) is 4.12. The van der Waals surface area contributed by atoms with E-state index in [2.05, 4.69) is 5.32 Å². The standard InChI is InChI=1S/C10H19NO/c1-12-10(6-2-3-7-10)9-5-4-8-11-9/h9,11H,2-8H2,1H3/t9-/m1/s1. The Morgan fingerprint density at radius 2 is 2.00 bits per heavy atom. The minimum absolute atomic E-state index is 0.205. The first-order valence-corrected chi connectivity index (χ1v) is 5.16. The zero-order valence-corrected chi connectivity index (χ0v) is 7.94. The highest BCUT2D eigenvalue weighted by atomic mass is 16.5. The molecule has 0 bridgehead atoms. The van der Waals surface area contributed by atoms with Crippen LogP contribution in [0.25, 0.3) is 0 Å². The third-order valence-corrected chi connectivity index (χ3v) is 3.55. The van der Waals surface area contributed by atoms with Crippen LogP contribution in [0.3, 0.4) is 0 Å². The van der Waals surface area contributed by atoms with E-state index in [1.165, 1.54) is 45.1 Å². The summed E-state index contributed by atoms with van der Waals surface area (Å²) >= 11 is 0. The minimum Gasteiger partial charge on any atom is -0.377 e. The van der Waals surface area contributed by atoms with Gasteiger partial charge in [0.15, 0.2) is 0 Å². The molecular formula is C10H19NO. The molecule has 0 aromatic carbocycles. The Kier molecular flexibility index (Phi) is 2.37. The lowest BCUT2D eigenvalue weighted by Gasteiger charge is -2.34. The molecule has 2 fully saturated rings. The molecule has 0 aromatic rings. The number of hydrogen-bond acceptors (Lipinski definition) is 2. The van der Waals surface area contributed by atoms with E-state index in [0.29, 0.717) is 6.04 Å². The van der Waals surface area contributed by atoms with Crippen molar-refractivity contribution < 1.29 is 4.74 Å². The second kappa shape index (κ2) is 3.35. The maximum absolute atomic E-state index is 5.72. The molecule has 0 spiro atoms. The molecule has 12 heavy (non-hydrogen) atoms. The summed E-state index contributed by atoms with van der Waals surface area (Å²) in [5.74, 6) is 0. The first-order valence-electron chi connectivity index (χ1n) is 5.16. The number of rotatable bonds is 2. The molecular weight excluding hydrogens is 150 g/mol. The zero-order chi connectivity index (χ0) is 8.44. The van der Waals surface area contributed by atoms with Gasteiger partial charge in [-0.1, -0.05) is 12.8 Å². The van der Waals surface area contributed by atoms with Crippen LogP contribution in [0.4, 0.5) is 0 Å². The average Bonchev–Trinajstić information content (AvgIpc) is 2.76. The van der Waals surface area contributed by atoms with E-state index < -0.39 is 0 Å². The van der Waals surface area contributed by atoms with E-state index >= 15 is 0 Å². The van der Waals surface area contributed by atoms with Crippen LogP contribution in [0, 0.1) is 0 Å². The van der Waals surface area contributed by atoms with Gasteiger partial charge in [0.1, 0.15) is 0 Å². The van der Waals surface area contributed by atoms with Crippen LogP contribution in [0.1, 0.15) is 38.5 Å². The van der Waals surface area contributed by atoms with Gasteiger partial charge in [0, 0.05) is 13.2 Å². The summed E-state index contributed by atoms with van der Waals surface area (Å²) < 4.78 is 5.72. The van der Waals surface area contributed by atoms with E-state index in [-0.39, 0.29) is 5.60 Å². The van der Waals surface area contributed by atoms with E-state index in [4.69, 9.17) is 4.74 Å². The maximum atomic E-state index is 5.72. The van der Waals surface area contributed by atoms with Gasteiger partial charge >= 0.3 is 0 Å². The van der Waals surface area contributed by atoms with Gasteiger partial charge in [-0.15, -0.1) is 0 Å². The van der Waals surface area contributed by atoms with Crippen molar-refractivity contribution >= 4 is 0 Å². The Bertz CT molecular complexity index is 146. The average molecular weight is 169 g/mol. The van der Waals surface area contributed by atoms with Crippen LogP contribution in [-0.4, -0.2) is 25.3 Å². The highest BCUT2D eigenvalue weighted by Crippen LogP contribution is 2.38. The normalized spacial score (nSPS) is 34.2. The predicted octanol–water partition coefficient (Wildman–Crippen LogP) is 1.70. The van der Waals surface area contributed by atoms with Crippen molar-refractivity contribution in [1.82, 2.24) is 5.32 Å². The first-order chi connectivity index (χ1) is 5.87. The molecule has 0 aromatic heterocycles. The largest absolute Gasteiger partial charge is 0.377 e. The van der Waals surface area contributed by atoms with Crippen molar-refractivity contribution in [2.45, 2.75) is 50.2 Å². The summed E-state index contributed by atoms with van der Waals surface area (Å²) in [6, 6.07) is 0.644. The van der Waals surface area contributed by atoms with Crippen LogP contribution in [-0.2, 0) is 4.74 Å². The lowest BCUT2D eigenvalue weighted by molar-refractivity contribution is -0.0306. The Hall–Kier alpha value is -0.0800. The summed E-state index contributed by atoms with van der Waals surface area (Å²) in [5.41, 5.74) is 0.205. The number of hydrogen-bond donors (Lipinski definition) is 1. The SMILES string of the molecule is COC1([C@H]2CCCN2)CCCC1. The van der Waals surface area contributed by atoms with Gasteiger partial charge in [0.05, 0.1) is 5.60 Å². The van der Waals surface area contributed by atoms with Crippen molar-refractivity contribution in [3.05, 3.63) is 0 Å². The summed E-state index contributed by atoms with van der Waals surface area (Å²) in [6.45, 7) is 1.19. The van der Waals surface area contributed by atoms with Crippen LogP contribution in [0.15, 0.2) is 0 Å². The molecule has 1 atom stereocenters. The van der Waals surface area contributed by atoms with Gasteiger partial charge in [-0.05, 0) is 32.2 Å². The fraction of sp³-hybridized carbons (Fsp3) is 1.00. The minimum atomic E-state index is 0.205. The number of methoxy groups -OCH3 is 1. The molecule has 1 saturated heterocycles. The summed E-state index contributed by atoms with van der Waals surface area (Å²) in [5, 5.41) is 3.57. The highest BCUT2D eigenvalue weighted by molar-refractivity contribution is 4.98. The Morgan fingerprint density at radius 1 is 1.25 bits per heavy atom. The molecule has 1 aliphatic carbocycles. The monoisotopic (exact) mass is 169 g/mol. The zero-order valence-electron chi connectivity index (χ0n) is 7.94. The molecule has 1 heterocycles. The third kappa shape index (κ3) is 1.27. The van der Waals surface area contributed by atoms with Crippen molar-refractivity contribution in [3.8, 4) is 0 Å². The molecule has 0 unspecified atom stereocenters. The van der Waals surface area contributed by atoms with Gasteiger partial charge in [-0.2, -0.15) is 0 Å². The molecule has 70 valence electrons. The quantitative estimate of drug-likeness (QED) is 0.679. The van der Waals surface area contributed by atoms with Gasteiger partial charge in [0.2, 0.25) is 0 Å². The van der Waals surface area contributed by atoms with Crippen LogP contribution >= 0.6 is 0 Å². The molecule has 1 N–H and O–H groups in total. The highest BCUT2D eigenvalue weighted by Gasteiger charge is 2.42. The Labute approximate surface area is 74.7 Å². The fourth-order valence-electron chi connectivity index (χ4n) is 2.80. The van der Waals surface area contributed by atoms with E-state index in [1.807, 2.05) is 7.11 Å². The Balaban J connectivity index is 2.04. The molecule has 2 rings (SSSR count). The summed E-state index contributed by atoms with van der Waals surface area (Å²) in [4.78, 5) is 0. The van der Waals surface area contributed by atoms with Crippen molar-refractivity contribution in [2.75, 3.05) is 13.7 Å². The van der Waals surface area contributed by atoms with Crippen molar-refractivity contribution in [3.63, 3.8) is 0 Å². The Morgan fingerprint density at radius 3 is 2.50 bits per heavy atom. The van der Waals surface area contributed by atoms with Crippen molar-refractivity contribution in [1.29, 1.82) is 0 Å². The molecule has 2 heteroatoms. The van der Waals surface area contributed by atoms with Gasteiger partial charge in [0.25, 0.3) is 0 Å². The summed E-state index contributed by atoms with van der Waals surface area (Å²) in [7, 11) is 1.88. The summed E-state index contributed by atoms with van der Waals surface area (Å²) in [6.07, 6.45) is 7.88. The van der Waals surface area contributed by atoms with Crippen molar-refractivity contribution in [2.24, 2.45) is 0 Å². The topological polar surface area (TPSA) is 21.3 Å². The van der Waals surface area contributed by atoms with Gasteiger partial charge in [-0.3, -0.25) is 0 Å². The molecule has 1 saturated carbocycles. The molecule has 2 nitrogen and oxygen atoms in total. The first kappa shape index (κ1) is 8.52. The fourth-order valence-corrected chi connectivity index (χ4v) is 2.80. The smallest absolute Gasteiger partial charge is 0.0830 e.